The first-order chi connectivity index (χ1) is 16.6. The number of fused-ring (bicyclic) bond motifs is 1. The van der Waals surface area contributed by atoms with Crippen LogP contribution in [0.15, 0.2) is 42.6 Å². The minimum atomic E-state index is -4.52. The first-order valence-corrected chi connectivity index (χ1v) is 10.8. The third-order valence-corrected chi connectivity index (χ3v) is 5.68. The van der Waals surface area contributed by atoms with Gasteiger partial charge in [0.25, 0.3) is 0 Å². The highest BCUT2D eigenvalue weighted by molar-refractivity contribution is 6.31. The molecule has 0 fully saturated rings. The third kappa shape index (κ3) is 5.22. The number of aromatic nitrogens is 4. The van der Waals surface area contributed by atoms with Crippen molar-refractivity contribution in [2.24, 2.45) is 0 Å². The molecular weight excluding hydrogens is 485 g/mol. The highest BCUT2D eigenvalue weighted by Crippen LogP contribution is 2.32. The number of carbonyl (C=O) groups is 1. The van der Waals surface area contributed by atoms with E-state index in [0.29, 0.717) is 11.5 Å². The van der Waals surface area contributed by atoms with Crippen molar-refractivity contribution < 1.29 is 27.4 Å². The molecule has 0 aliphatic carbocycles. The minimum Gasteiger partial charge on any atom is -0.473 e. The van der Waals surface area contributed by atoms with Crippen molar-refractivity contribution in [2.75, 3.05) is 7.11 Å². The van der Waals surface area contributed by atoms with Crippen LogP contribution in [0.2, 0.25) is 5.02 Å². The predicted molar refractivity (Wildman–Crippen MR) is 122 cm³/mol. The van der Waals surface area contributed by atoms with Crippen molar-refractivity contribution in [3.63, 3.8) is 0 Å². The number of benzene rings is 1. The van der Waals surface area contributed by atoms with Crippen LogP contribution in [0.5, 0.6) is 5.88 Å². The number of pyridine rings is 2. The number of aryl methyl sites for hydroxylation is 2. The molecule has 0 aliphatic heterocycles. The number of halogens is 4. The number of carbonyl (C=O) groups excluding carboxylic acids is 1. The fourth-order valence-electron chi connectivity index (χ4n) is 3.62. The Hall–Kier alpha value is -3.66. The van der Waals surface area contributed by atoms with Gasteiger partial charge in [0.1, 0.15) is 12.4 Å². The van der Waals surface area contributed by atoms with E-state index in [9.17, 15) is 18.0 Å². The fourth-order valence-corrected chi connectivity index (χ4v) is 3.85. The molecule has 35 heavy (non-hydrogen) atoms. The van der Waals surface area contributed by atoms with E-state index in [2.05, 4.69) is 19.7 Å². The first-order valence-electron chi connectivity index (χ1n) is 10.4. The normalized spacial score (nSPS) is 11.6. The number of hydrogen-bond donors (Lipinski definition) is 0. The van der Waals surface area contributed by atoms with Gasteiger partial charge < -0.3 is 14.0 Å². The second-order valence-electron chi connectivity index (χ2n) is 7.82. The Morgan fingerprint density at radius 3 is 2.60 bits per heavy atom. The van der Waals surface area contributed by atoms with E-state index in [1.54, 1.807) is 19.1 Å². The molecule has 0 atom stereocenters. The van der Waals surface area contributed by atoms with Crippen LogP contribution in [-0.2, 0) is 24.1 Å². The van der Waals surface area contributed by atoms with E-state index >= 15 is 0 Å². The Balaban J connectivity index is 1.62. The molecular formula is C24H20ClF3N4O3. The van der Waals surface area contributed by atoms with Crippen molar-refractivity contribution in [1.29, 1.82) is 0 Å². The molecule has 3 heterocycles. The van der Waals surface area contributed by atoms with Gasteiger partial charge in [-0.3, -0.25) is 4.98 Å². The minimum absolute atomic E-state index is 0.0751. The summed E-state index contributed by atoms with van der Waals surface area (Å²) in [6.07, 6.45) is -3.75. The lowest BCUT2D eigenvalue weighted by Gasteiger charge is -2.12. The van der Waals surface area contributed by atoms with Crippen LogP contribution in [0.25, 0.3) is 11.0 Å². The van der Waals surface area contributed by atoms with Crippen LogP contribution < -0.4 is 4.74 Å². The SMILES string of the molecule is COC(=O)c1cccc(OCc2cc(C)c3nc(C)n(Cc4ncc(C(F)(F)F)cc4Cl)c3c2)n1. The van der Waals surface area contributed by atoms with Gasteiger partial charge in [0.05, 0.1) is 41.0 Å². The summed E-state index contributed by atoms with van der Waals surface area (Å²) in [5, 5.41) is -0.0751. The largest absolute Gasteiger partial charge is 0.473 e. The first kappa shape index (κ1) is 24.5. The predicted octanol–water partition coefficient (Wildman–Crippen LogP) is 5.53. The summed E-state index contributed by atoms with van der Waals surface area (Å²) in [4.78, 5) is 24.4. The summed E-state index contributed by atoms with van der Waals surface area (Å²) < 4.78 is 51.2. The molecule has 0 saturated heterocycles. The van der Waals surface area contributed by atoms with Gasteiger partial charge in [0, 0.05) is 12.3 Å². The summed E-state index contributed by atoms with van der Waals surface area (Å²) in [6.45, 7) is 4.02. The van der Waals surface area contributed by atoms with E-state index in [1.807, 2.05) is 23.6 Å². The molecule has 4 aromatic rings. The summed E-state index contributed by atoms with van der Waals surface area (Å²) in [6, 6.07) is 9.47. The van der Waals surface area contributed by atoms with Crippen LogP contribution in [-0.4, -0.2) is 32.6 Å². The van der Waals surface area contributed by atoms with Crippen molar-refractivity contribution in [3.05, 3.63) is 81.5 Å². The van der Waals surface area contributed by atoms with Gasteiger partial charge in [-0.1, -0.05) is 23.7 Å². The lowest BCUT2D eigenvalue weighted by molar-refractivity contribution is -0.137. The average molecular weight is 505 g/mol. The molecule has 0 bridgehead atoms. The molecule has 0 spiro atoms. The smallest absolute Gasteiger partial charge is 0.417 e. The second kappa shape index (κ2) is 9.53. The van der Waals surface area contributed by atoms with E-state index < -0.39 is 17.7 Å². The van der Waals surface area contributed by atoms with Gasteiger partial charge in [-0.15, -0.1) is 0 Å². The zero-order chi connectivity index (χ0) is 25.3. The van der Waals surface area contributed by atoms with Crippen molar-refractivity contribution >= 4 is 28.6 Å². The Labute approximate surface area is 203 Å². The van der Waals surface area contributed by atoms with Crippen LogP contribution >= 0.6 is 11.6 Å². The Bertz CT molecular complexity index is 1420. The maximum Gasteiger partial charge on any atom is 0.417 e. The Kier molecular flexibility index (Phi) is 6.66. The molecule has 0 N–H and O–H groups in total. The maximum atomic E-state index is 13.0. The molecule has 3 aromatic heterocycles. The lowest BCUT2D eigenvalue weighted by Crippen LogP contribution is -2.09. The van der Waals surface area contributed by atoms with Crippen molar-refractivity contribution in [3.8, 4) is 5.88 Å². The molecule has 7 nitrogen and oxygen atoms in total. The zero-order valence-corrected chi connectivity index (χ0v) is 19.7. The monoisotopic (exact) mass is 504 g/mol. The van der Waals surface area contributed by atoms with E-state index in [1.165, 1.54) is 13.2 Å². The Morgan fingerprint density at radius 1 is 1.14 bits per heavy atom. The molecule has 0 saturated carbocycles. The van der Waals surface area contributed by atoms with Crippen LogP contribution in [0.3, 0.4) is 0 Å². The van der Waals surface area contributed by atoms with E-state index in [0.717, 1.165) is 34.4 Å². The van der Waals surface area contributed by atoms with Gasteiger partial charge in [-0.25, -0.2) is 14.8 Å². The number of nitrogens with zero attached hydrogens (tertiary/aromatic N) is 4. The quantitative estimate of drug-likeness (QED) is 0.321. The number of imidazole rings is 1. The fraction of sp³-hybridized carbons (Fsp3) is 0.250. The maximum absolute atomic E-state index is 13.0. The van der Waals surface area contributed by atoms with Crippen molar-refractivity contribution in [2.45, 2.75) is 33.2 Å². The number of rotatable bonds is 6. The number of methoxy groups -OCH3 is 1. The van der Waals surface area contributed by atoms with Crippen LogP contribution in [0, 0.1) is 13.8 Å². The molecule has 1 aromatic carbocycles. The number of esters is 1. The number of hydrogen-bond acceptors (Lipinski definition) is 6. The molecule has 0 unspecified atom stereocenters. The van der Waals surface area contributed by atoms with Crippen LogP contribution in [0.4, 0.5) is 13.2 Å². The van der Waals surface area contributed by atoms with E-state index in [4.69, 9.17) is 16.3 Å². The Morgan fingerprint density at radius 2 is 1.91 bits per heavy atom. The summed E-state index contributed by atoms with van der Waals surface area (Å²) >= 11 is 6.13. The van der Waals surface area contributed by atoms with E-state index in [-0.39, 0.29) is 29.7 Å². The summed E-state index contributed by atoms with van der Waals surface area (Å²) in [5.41, 5.74) is 2.74. The van der Waals surface area contributed by atoms with Crippen molar-refractivity contribution in [1.82, 2.24) is 19.5 Å². The lowest BCUT2D eigenvalue weighted by atomic mass is 10.1. The molecule has 0 aliphatic rings. The molecule has 182 valence electrons. The van der Waals surface area contributed by atoms with Gasteiger partial charge in [0.15, 0.2) is 5.69 Å². The van der Waals surface area contributed by atoms with Gasteiger partial charge >= 0.3 is 12.1 Å². The average Bonchev–Trinajstić information content (AvgIpc) is 3.13. The topological polar surface area (TPSA) is 79.1 Å². The standard InChI is InChI=1S/C24H20ClF3N4O3/c1-13-7-15(12-35-21-6-4-5-18(31-21)23(33)34-3)8-20-22(13)30-14(2)32(20)11-19-17(25)9-16(10-29-19)24(26,27)28/h4-10H,11-12H2,1-3H3. The highest BCUT2D eigenvalue weighted by Gasteiger charge is 2.31. The number of ether oxygens (including phenoxy) is 2. The summed E-state index contributed by atoms with van der Waals surface area (Å²) in [5.74, 6) is 0.352. The van der Waals surface area contributed by atoms with Gasteiger partial charge in [0.2, 0.25) is 5.88 Å². The summed E-state index contributed by atoms with van der Waals surface area (Å²) in [7, 11) is 1.27. The number of alkyl halides is 3. The zero-order valence-electron chi connectivity index (χ0n) is 19.0. The third-order valence-electron chi connectivity index (χ3n) is 5.35. The van der Waals surface area contributed by atoms with Crippen LogP contribution in [0.1, 0.15) is 38.7 Å². The van der Waals surface area contributed by atoms with Gasteiger partial charge in [-0.05, 0) is 43.2 Å². The highest BCUT2D eigenvalue weighted by atomic mass is 35.5. The van der Waals surface area contributed by atoms with Gasteiger partial charge in [-0.2, -0.15) is 13.2 Å². The molecule has 0 radical (unpaired) electrons. The molecule has 4 rings (SSSR count). The second-order valence-corrected chi connectivity index (χ2v) is 8.22. The molecule has 11 heteroatoms. The molecule has 0 amide bonds.